The van der Waals surface area contributed by atoms with Gasteiger partial charge in [0.05, 0.1) is 72.7 Å². The summed E-state index contributed by atoms with van der Waals surface area (Å²) in [6.07, 6.45) is -108. The number of hydrogen-bond acceptors (Lipinski definition) is 56. The highest BCUT2D eigenvalue weighted by atomic mass is 16.8. The summed E-state index contributed by atoms with van der Waals surface area (Å²) in [7, 11) is 0. The van der Waals surface area contributed by atoms with Gasteiger partial charge in [-0.15, -0.1) is 0 Å². The Morgan fingerprint density at radius 2 is 0.401 bits per heavy atom. The van der Waals surface area contributed by atoms with Crippen LogP contribution in [0.15, 0.2) is 0 Å². The Hall–Kier alpha value is -4.69. The minimum atomic E-state index is -2.70. The first-order chi connectivity index (χ1) is 64.8. The van der Waals surface area contributed by atoms with Gasteiger partial charge in [0.1, 0.15) is 268 Å². The van der Waals surface area contributed by atoms with Crippen LogP contribution in [0, 0.1) is 0 Å². The van der Waals surface area contributed by atoms with Crippen molar-refractivity contribution in [3.63, 3.8) is 0 Å². The van der Waals surface area contributed by atoms with Gasteiger partial charge in [0.15, 0.2) is 69.2 Å². The summed E-state index contributed by atoms with van der Waals surface area (Å²) in [5.74, 6) is -4.80. The van der Waals surface area contributed by atoms with Crippen molar-refractivity contribution in [2.24, 2.45) is 0 Å². The van der Waals surface area contributed by atoms with Crippen LogP contribution in [-0.2, 0) is 123 Å². The van der Waals surface area contributed by atoms with Gasteiger partial charge in [-0.05, 0) is 0 Å². The third-order valence-electron chi connectivity index (χ3n) is 25.0. The summed E-state index contributed by atoms with van der Waals surface area (Å²) in [4.78, 5) is 64.8. The van der Waals surface area contributed by atoms with Crippen LogP contribution in [0.4, 0.5) is 0 Å². The van der Waals surface area contributed by atoms with E-state index in [2.05, 4.69) is 26.6 Å². The standard InChI is InChI=1S/C76H127N5O56/c1-17(91)77-33-44(102)58(26(10-86)119-66(33)116)130-68-35(79-19(3)93)46(104)62(30(14-90)125-68)134-74-57(115)63(135-76-65(52(110)41(99)25(9-85)123-76)137-70-37(81-21(5)95)48(106)61(29(13-89)127-70)133-73-56(114)51(109)40(98)24(8-84)122-73)43(101)32(128-74)16-118-75-64(136-69-36(80-20(4)94)47(105)60(28(12-88)126-69)132-72-55(113)50(108)39(97)23(7-83)121-72)53(111)42(100)31(129-75)15-117-67-34(78-18(2)92)45(103)59(27(11-87)124-67)131-71-54(112)49(107)38(96)22(6-82)120-71/h22-76,82-90,96-116H,6-16H2,1-5H3,(H,77,91)(H,78,92)(H,79,93)(H,80,94)(H,81,95)/t22-,23-,24-,25-,26-,27-,28-,29-,30-,31-,32-,33-,34-,35-,36-,37-,38+,39+,40+,41-,42-,43-,44-,45-,46-,47-,48-,49+,50+,51+,52+,53+,54-,55-,56-,57+,58-,59-,60-,61-,62-,63+,64+,65+,66+,67-,68+,69+,70+,71+,72+,73+,74+,75+,76-/m1/s1. The second kappa shape index (κ2) is 49.5. The van der Waals surface area contributed by atoms with Crippen molar-refractivity contribution in [3.8, 4) is 0 Å². The number of carbonyl (C=O) groups excluding carboxylic acids is 5. The van der Waals surface area contributed by atoms with Crippen LogP contribution in [0.2, 0.25) is 0 Å². The molecular formula is C76H127N5O56. The number of aliphatic hydroxyl groups is 30. The second-order valence-electron chi connectivity index (χ2n) is 34.6. The monoisotopic (exact) mass is 2010 g/mol. The predicted octanol–water partition coefficient (Wildman–Crippen LogP) is -24.3. The van der Waals surface area contributed by atoms with E-state index in [9.17, 15) is 177 Å². The van der Waals surface area contributed by atoms with Gasteiger partial charge < -0.3 is 279 Å². The summed E-state index contributed by atoms with van der Waals surface area (Å²) in [6.45, 7) is -8.00. The number of hydrogen-bond donors (Lipinski definition) is 35. The molecule has 0 aromatic heterocycles. The number of aliphatic hydroxyl groups excluding tert-OH is 30. The number of nitrogens with one attached hydrogen (secondary N) is 5. The van der Waals surface area contributed by atoms with E-state index in [0.717, 1.165) is 34.6 Å². The van der Waals surface area contributed by atoms with Crippen LogP contribution in [0.5, 0.6) is 0 Å². The van der Waals surface area contributed by atoms with Crippen molar-refractivity contribution in [1.82, 2.24) is 26.6 Å². The van der Waals surface area contributed by atoms with Crippen LogP contribution in [-0.4, -0.2) is 593 Å². The number of carbonyl (C=O) groups is 5. The molecule has 0 spiro atoms. The van der Waals surface area contributed by atoms with Gasteiger partial charge >= 0.3 is 0 Å². The lowest BCUT2D eigenvalue weighted by molar-refractivity contribution is -0.399. The number of ether oxygens (including phenoxy) is 21. The molecule has 11 rings (SSSR count). The average Bonchev–Trinajstić information content (AvgIpc) is 0.761. The maximum atomic E-state index is 13.2. The maximum absolute atomic E-state index is 13.2. The van der Waals surface area contributed by atoms with Crippen LogP contribution < -0.4 is 26.6 Å². The summed E-state index contributed by atoms with van der Waals surface area (Å²) in [6, 6.07) is -9.68. The highest BCUT2D eigenvalue weighted by Crippen LogP contribution is 2.42. The molecule has 61 heteroatoms. The van der Waals surface area contributed by atoms with Crippen molar-refractivity contribution < 1.29 is 277 Å². The van der Waals surface area contributed by atoms with Gasteiger partial charge in [-0.1, -0.05) is 0 Å². The van der Waals surface area contributed by atoms with E-state index < -0.39 is 440 Å². The fraction of sp³-hybridized carbons (Fsp3) is 0.934. The molecule has 11 fully saturated rings. The minimum Gasteiger partial charge on any atom is -0.394 e. The van der Waals surface area contributed by atoms with Crippen LogP contribution >= 0.6 is 0 Å². The van der Waals surface area contributed by atoms with E-state index in [-0.39, 0.29) is 0 Å². The molecule has 0 aromatic carbocycles. The molecule has 61 nitrogen and oxygen atoms in total. The Morgan fingerprint density at radius 3 is 0.730 bits per heavy atom. The van der Waals surface area contributed by atoms with Crippen molar-refractivity contribution in [1.29, 1.82) is 0 Å². The first-order valence-electron chi connectivity index (χ1n) is 43.6. The Bertz CT molecular complexity index is 3780. The summed E-state index contributed by atoms with van der Waals surface area (Å²) < 4.78 is 126. The highest BCUT2D eigenvalue weighted by molar-refractivity contribution is 5.75. The lowest BCUT2D eigenvalue weighted by atomic mass is 9.93. The Balaban J connectivity index is 0.964. The molecule has 0 bridgehead atoms. The van der Waals surface area contributed by atoms with Gasteiger partial charge in [-0.25, -0.2) is 0 Å². The number of rotatable bonds is 36. The van der Waals surface area contributed by atoms with Gasteiger partial charge in [-0.2, -0.15) is 0 Å². The smallest absolute Gasteiger partial charge is 0.217 e. The van der Waals surface area contributed by atoms with E-state index in [0.29, 0.717) is 0 Å². The van der Waals surface area contributed by atoms with E-state index in [4.69, 9.17) is 99.5 Å². The normalized spacial score (nSPS) is 48.9. The van der Waals surface area contributed by atoms with Crippen molar-refractivity contribution in [2.45, 2.75) is 372 Å². The van der Waals surface area contributed by atoms with Gasteiger partial charge in [0.25, 0.3) is 0 Å². The van der Waals surface area contributed by atoms with Crippen molar-refractivity contribution >= 4 is 29.5 Å². The van der Waals surface area contributed by atoms with Crippen LogP contribution in [0.3, 0.4) is 0 Å². The second-order valence-corrected chi connectivity index (χ2v) is 34.6. The van der Waals surface area contributed by atoms with Gasteiger partial charge in [-0.3, -0.25) is 24.0 Å². The SMILES string of the molecule is CC(=O)N[C@@H]1[C@@H](O)[C@H](O[C@@H]2O[C@H](CO)[C@@H](O[C@@H]3O[C@H](CO[C@H]4O[C@H](CO[C@@H]5O[C@H](CO)[C@@H](O[C@@H]6O[C@H](CO)[C@H](O)[C@H](O)[C@H]6O)[C@H](O)[C@H]5NC(C)=O)[C@@H](O)[C@H](O)[C@@H]4O[C@@H]4O[C@H](CO)[C@@H](O[C@@H]5O[C@H](CO)[C@H](O)[C@H](O)[C@H]5O)[C@H](O)[C@H]4NC(C)=O)[C@@H](O)[C@H](O[C@H]4O[C@H](CO)[C@@H](O)[C@H](O)[C@@H]4O[C@@H]4O[C@H](CO)[C@@H](O[C@@H]5O[C@H](CO)[C@H](O)[C@H](O)[C@H]5O)[C@H](O)[C@H]4NC(C)=O)[C@@H]3O)[C@H](O)[C@H]2NC(C)=O)[C@@H](CO)O[C@@H]1O. The third kappa shape index (κ3) is 25.2. The molecular weight excluding hydrogens is 1880 g/mol. The van der Waals surface area contributed by atoms with Crippen LogP contribution in [0.25, 0.3) is 0 Å². The molecule has 0 radical (unpaired) electrons. The topological polar surface area (TPSA) is 946 Å². The van der Waals surface area contributed by atoms with E-state index >= 15 is 0 Å². The largest absolute Gasteiger partial charge is 0.394 e. The van der Waals surface area contributed by atoms with E-state index in [1.807, 2.05) is 0 Å². The quantitative estimate of drug-likeness (QED) is 0.0277. The molecule has 5 amide bonds. The molecule has 792 valence electrons. The van der Waals surface area contributed by atoms with Crippen molar-refractivity contribution in [3.05, 3.63) is 0 Å². The molecule has 55 atom stereocenters. The zero-order valence-corrected chi connectivity index (χ0v) is 73.6. The lowest BCUT2D eigenvalue weighted by Crippen LogP contribution is -2.71. The first-order valence-corrected chi connectivity index (χ1v) is 43.6. The van der Waals surface area contributed by atoms with E-state index in [1.54, 1.807) is 0 Å². The zero-order valence-electron chi connectivity index (χ0n) is 73.6. The minimum absolute atomic E-state index is 0.827. The number of amides is 5. The fourth-order valence-corrected chi connectivity index (χ4v) is 17.7. The van der Waals surface area contributed by atoms with Gasteiger partial charge in [0, 0.05) is 34.6 Å². The molecule has 0 saturated carbocycles. The summed E-state index contributed by atoms with van der Waals surface area (Å²) in [5, 5.41) is 349. The summed E-state index contributed by atoms with van der Waals surface area (Å²) >= 11 is 0. The molecule has 0 unspecified atom stereocenters. The zero-order chi connectivity index (χ0) is 101. The molecule has 0 aliphatic carbocycles. The summed E-state index contributed by atoms with van der Waals surface area (Å²) in [5.41, 5.74) is 0. The maximum Gasteiger partial charge on any atom is 0.217 e. The molecule has 11 aliphatic rings. The van der Waals surface area contributed by atoms with E-state index in [1.165, 1.54) is 0 Å². The Labute approximate surface area is 775 Å². The lowest BCUT2D eigenvalue weighted by Gasteiger charge is -2.51. The highest BCUT2D eigenvalue weighted by Gasteiger charge is 2.63. The Kier molecular flexibility index (Phi) is 40.7. The molecule has 0 aromatic rings. The van der Waals surface area contributed by atoms with Crippen molar-refractivity contribution in [2.75, 3.05) is 72.7 Å². The molecule has 35 N–H and O–H groups in total. The molecule has 11 aliphatic heterocycles. The first kappa shape index (κ1) is 113. The van der Waals surface area contributed by atoms with Gasteiger partial charge in [0.2, 0.25) is 29.5 Å². The predicted molar refractivity (Wildman–Crippen MR) is 420 cm³/mol. The molecule has 137 heavy (non-hydrogen) atoms. The third-order valence-corrected chi connectivity index (χ3v) is 25.0. The van der Waals surface area contributed by atoms with Crippen LogP contribution in [0.1, 0.15) is 34.6 Å². The fourth-order valence-electron chi connectivity index (χ4n) is 17.7. The Morgan fingerprint density at radius 1 is 0.190 bits per heavy atom. The molecule has 11 heterocycles. The average molecular weight is 2010 g/mol. The molecule has 11 saturated heterocycles.